The van der Waals surface area contributed by atoms with Crippen molar-refractivity contribution in [2.75, 3.05) is 0 Å². The third-order valence-corrected chi connectivity index (χ3v) is 5.82. The summed E-state index contributed by atoms with van der Waals surface area (Å²) in [5.74, 6) is 0. The Morgan fingerprint density at radius 1 is 0.783 bits per heavy atom. The summed E-state index contributed by atoms with van der Waals surface area (Å²) >= 11 is 0. The maximum absolute atomic E-state index is 2.47. The van der Waals surface area contributed by atoms with Crippen LogP contribution in [0.15, 0.2) is 30.3 Å². The fraction of sp³-hybridized carbons (Fsp3) is 0.478. The number of hydrogen-bond donors (Lipinski definition) is 0. The topological polar surface area (TPSA) is 0 Å². The quantitative estimate of drug-likeness (QED) is 0.529. The molecule has 0 amide bonds. The normalized spacial score (nSPS) is 18.8. The van der Waals surface area contributed by atoms with E-state index in [1.54, 1.807) is 11.1 Å². The van der Waals surface area contributed by atoms with Gasteiger partial charge in [0, 0.05) is 5.41 Å². The van der Waals surface area contributed by atoms with Crippen LogP contribution in [0.2, 0.25) is 0 Å². The predicted molar refractivity (Wildman–Crippen MR) is 101 cm³/mol. The summed E-state index contributed by atoms with van der Waals surface area (Å²) in [6.45, 7) is 11.5. The van der Waals surface area contributed by atoms with Crippen LogP contribution >= 0.6 is 0 Å². The van der Waals surface area contributed by atoms with E-state index in [2.05, 4.69) is 65.0 Å². The monoisotopic (exact) mass is 306 g/mol. The van der Waals surface area contributed by atoms with Gasteiger partial charge in [-0.15, -0.1) is 0 Å². The average Bonchev–Trinajstić information content (AvgIpc) is 2.74. The fourth-order valence-corrected chi connectivity index (χ4v) is 4.16. The van der Waals surface area contributed by atoms with Gasteiger partial charge < -0.3 is 0 Å². The maximum atomic E-state index is 2.47. The molecule has 0 N–H and O–H groups in total. The molecule has 0 saturated heterocycles. The molecule has 1 aliphatic rings. The smallest absolute Gasteiger partial charge is 0.0187 e. The van der Waals surface area contributed by atoms with Gasteiger partial charge in [-0.1, -0.05) is 75.4 Å². The molecule has 1 unspecified atom stereocenters. The lowest BCUT2D eigenvalue weighted by Crippen LogP contribution is -2.21. The first kappa shape index (κ1) is 16.3. The summed E-state index contributed by atoms with van der Waals surface area (Å²) in [4.78, 5) is 0. The van der Waals surface area contributed by atoms with Gasteiger partial charge in [0.15, 0.2) is 0 Å². The van der Waals surface area contributed by atoms with Gasteiger partial charge in [0.2, 0.25) is 0 Å². The van der Waals surface area contributed by atoms with Crippen LogP contribution in [0.1, 0.15) is 73.8 Å². The highest BCUT2D eigenvalue weighted by Gasteiger charge is 2.39. The van der Waals surface area contributed by atoms with Gasteiger partial charge in [-0.25, -0.2) is 0 Å². The van der Waals surface area contributed by atoms with Crippen LogP contribution < -0.4 is 0 Å². The molecule has 122 valence electrons. The summed E-state index contributed by atoms with van der Waals surface area (Å²) in [6, 6.07) is 11.9. The van der Waals surface area contributed by atoms with E-state index in [9.17, 15) is 0 Å². The van der Waals surface area contributed by atoms with Crippen molar-refractivity contribution in [3.8, 4) is 11.1 Å². The van der Waals surface area contributed by atoms with Crippen molar-refractivity contribution in [2.45, 2.75) is 72.1 Å². The average molecular weight is 306 g/mol. The molecule has 1 atom stereocenters. The minimum Gasteiger partial charge on any atom is -0.0654 e. The first-order valence-corrected chi connectivity index (χ1v) is 9.20. The maximum Gasteiger partial charge on any atom is 0.0187 e. The van der Waals surface area contributed by atoms with Crippen molar-refractivity contribution in [3.63, 3.8) is 0 Å². The van der Waals surface area contributed by atoms with Crippen molar-refractivity contribution in [1.82, 2.24) is 0 Å². The highest BCUT2D eigenvalue weighted by atomic mass is 14.4. The van der Waals surface area contributed by atoms with Crippen molar-refractivity contribution in [3.05, 3.63) is 58.1 Å². The largest absolute Gasteiger partial charge is 0.0654 e. The predicted octanol–water partition coefficient (Wildman–Crippen LogP) is 6.87. The number of benzene rings is 2. The van der Waals surface area contributed by atoms with Gasteiger partial charge in [-0.3, -0.25) is 0 Å². The molecular weight excluding hydrogens is 276 g/mol. The van der Waals surface area contributed by atoms with Crippen LogP contribution in [0.25, 0.3) is 11.1 Å². The third kappa shape index (κ3) is 2.73. The summed E-state index contributed by atoms with van der Waals surface area (Å²) in [5, 5.41) is 0. The van der Waals surface area contributed by atoms with Crippen LogP contribution in [0.3, 0.4) is 0 Å². The van der Waals surface area contributed by atoms with Crippen LogP contribution in [-0.2, 0) is 5.41 Å². The zero-order chi connectivity index (χ0) is 16.6. The second kappa shape index (κ2) is 6.15. The van der Waals surface area contributed by atoms with Crippen molar-refractivity contribution < 1.29 is 0 Å². The van der Waals surface area contributed by atoms with E-state index in [4.69, 9.17) is 0 Å². The van der Waals surface area contributed by atoms with Crippen molar-refractivity contribution >= 4 is 0 Å². The Morgan fingerprint density at radius 3 is 2.22 bits per heavy atom. The molecule has 0 aromatic heterocycles. The van der Waals surface area contributed by atoms with Gasteiger partial charge in [0.25, 0.3) is 0 Å². The number of hydrogen-bond acceptors (Lipinski definition) is 0. The lowest BCUT2D eigenvalue weighted by atomic mass is 9.75. The first-order chi connectivity index (χ1) is 11.0. The van der Waals surface area contributed by atoms with Crippen LogP contribution in [0.5, 0.6) is 0 Å². The Morgan fingerprint density at radius 2 is 1.48 bits per heavy atom. The Labute approximate surface area is 141 Å². The van der Waals surface area contributed by atoms with Crippen molar-refractivity contribution in [2.24, 2.45) is 0 Å². The zero-order valence-electron chi connectivity index (χ0n) is 15.4. The van der Waals surface area contributed by atoms with Crippen LogP contribution in [0, 0.1) is 20.8 Å². The highest BCUT2D eigenvalue weighted by Crippen LogP contribution is 2.52. The lowest BCUT2D eigenvalue weighted by molar-refractivity contribution is 0.486. The van der Waals surface area contributed by atoms with Gasteiger partial charge in [-0.05, 0) is 60.6 Å². The SMILES string of the molecule is CCCCCCC1(C)c2cc(C)ccc2-c2cc(C)c(C)cc21. The van der Waals surface area contributed by atoms with Gasteiger partial charge in [-0.2, -0.15) is 0 Å². The second-order valence-corrected chi connectivity index (χ2v) is 7.67. The zero-order valence-corrected chi connectivity index (χ0v) is 15.4. The summed E-state index contributed by atoms with van der Waals surface area (Å²) in [5.41, 5.74) is 10.4. The molecule has 2 aromatic rings. The molecule has 0 aliphatic heterocycles. The number of unbranched alkanes of at least 4 members (excludes halogenated alkanes) is 3. The first-order valence-electron chi connectivity index (χ1n) is 9.20. The summed E-state index contributed by atoms with van der Waals surface area (Å²) < 4.78 is 0. The summed E-state index contributed by atoms with van der Waals surface area (Å²) in [6.07, 6.45) is 6.61. The molecule has 1 aliphatic carbocycles. The minimum absolute atomic E-state index is 0.183. The molecule has 3 rings (SSSR count). The Hall–Kier alpha value is -1.56. The van der Waals surface area contributed by atoms with E-state index in [1.807, 2.05) is 0 Å². The third-order valence-electron chi connectivity index (χ3n) is 5.82. The van der Waals surface area contributed by atoms with Crippen LogP contribution in [-0.4, -0.2) is 0 Å². The Bertz CT molecular complexity index is 723. The molecule has 0 heterocycles. The Balaban J connectivity index is 2.09. The minimum atomic E-state index is 0.183. The molecule has 0 radical (unpaired) electrons. The van der Waals surface area contributed by atoms with E-state index < -0.39 is 0 Å². The van der Waals surface area contributed by atoms with E-state index in [1.165, 1.54) is 59.9 Å². The van der Waals surface area contributed by atoms with Gasteiger partial charge >= 0.3 is 0 Å². The highest BCUT2D eigenvalue weighted by molar-refractivity contribution is 5.82. The Kier molecular flexibility index (Phi) is 4.36. The summed E-state index contributed by atoms with van der Waals surface area (Å²) in [7, 11) is 0. The molecule has 2 aromatic carbocycles. The molecular formula is C23H30. The van der Waals surface area contributed by atoms with Gasteiger partial charge in [0.1, 0.15) is 0 Å². The second-order valence-electron chi connectivity index (χ2n) is 7.67. The number of aryl methyl sites for hydroxylation is 3. The lowest BCUT2D eigenvalue weighted by Gasteiger charge is -2.28. The number of rotatable bonds is 5. The molecule has 0 spiro atoms. The van der Waals surface area contributed by atoms with E-state index in [0.717, 1.165) is 0 Å². The molecule has 0 nitrogen and oxygen atoms in total. The van der Waals surface area contributed by atoms with Crippen LogP contribution in [0.4, 0.5) is 0 Å². The standard InChI is InChI=1S/C23H30/c1-6-7-8-9-12-23(5)21-13-16(2)10-11-19(21)20-14-17(3)18(4)15-22(20)23/h10-11,13-15H,6-9,12H2,1-5H3. The van der Waals surface area contributed by atoms with Gasteiger partial charge in [0.05, 0.1) is 0 Å². The molecule has 0 fully saturated rings. The molecule has 0 heteroatoms. The van der Waals surface area contributed by atoms with E-state index in [0.29, 0.717) is 0 Å². The fourth-order valence-electron chi connectivity index (χ4n) is 4.16. The van der Waals surface area contributed by atoms with E-state index in [-0.39, 0.29) is 5.41 Å². The molecule has 0 saturated carbocycles. The van der Waals surface area contributed by atoms with Crippen molar-refractivity contribution in [1.29, 1.82) is 0 Å². The molecule has 0 bridgehead atoms. The molecule has 23 heavy (non-hydrogen) atoms. The van der Waals surface area contributed by atoms with E-state index >= 15 is 0 Å². The number of fused-ring (bicyclic) bond motifs is 3.